The van der Waals surface area contributed by atoms with Gasteiger partial charge in [-0.2, -0.15) is 0 Å². The lowest BCUT2D eigenvalue weighted by atomic mass is 9.92. The molecule has 1 saturated heterocycles. The molecule has 33 heavy (non-hydrogen) atoms. The predicted molar refractivity (Wildman–Crippen MR) is 124 cm³/mol. The van der Waals surface area contributed by atoms with Crippen LogP contribution >= 0.6 is 0 Å². The van der Waals surface area contributed by atoms with Crippen molar-refractivity contribution in [1.29, 1.82) is 0 Å². The van der Waals surface area contributed by atoms with Crippen LogP contribution in [-0.2, 0) is 53.8 Å². The second kappa shape index (κ2) is 14.6. The molecular weight excluding hydrogens is 452 g/mol. The van der Waals surface area contributed by atoms with E-state index in [9.17, 15) is 19.2 Å². The Hall–Kier alpha value is -1.65. The monoisotopic (exact) mass is 491 g/mol. The molecular formula is C23H39O9S+. The van der Waals surface area contributed by atoms with E-state index in [1.807, 2.05) is 6.92 Å². The van der Waals surface area contributed by atoms with E-state index < -0.39 is 48.4 Å². The van der Waals surface area contributed by atoms with Crippen LogP contribution in [0.1, 0.15) is 54.4 Å². The van der Waals surface area contributed by atoms with Crippen molar-refractivity contribution in [1.82, 2.24) is 0 Å². The molecule has 1 aliphatic rings. The first kappa shape index (κ1) is 29.4. The van der Waals surface area contributed by atoms with Gasteiger partial charge in [-0.05, 0) is 24.2 Å². The molecule has 0 N–H and O–H groups in total. The van der Waals surface area contributed by atoms with Gasteiger partial charge in [0.15, 0.2) is 12.4 Å². The third-order valence-corrected chi connectivity index (χ3v) is 7.39. The van der Waals surface area contributed by atoms with Crippen LogP contribution < -0.4 is 0 Å². The Morgan fingerprint density at radius 1 is 0.939 bits per heavy atom. The first-order chi connectivity index (χ1) is 15.5. The lowest BCUT2D eigenvalue weighted by Crippen LogP contribution is -2.58. The van der Waals surface area contributed by atoms with Crippen LogP contribution in [0.15, 0.2) is 0 Å². The Labute approximate surface area is 199 Å². The zero-order valence-corrected chi connectivity index (χ0v) is 21.6. The molecule has 0 aromatic carbocycles. The fraction of sp³-hybridized carbons (Fsp3) is 0.826. The average Bonchev–Trinajstić information content (AvgIpc) is 2.70. The molecule has 0 aromatic rings. The highest BCUT2D eigenvalue weighted by molar-refractivity contribution is 7.96. The molecule has 1 fully saturated rings. The van der Waals surface area contributed by atoms with Crippen LogP contribution in [0.4, 0.5) is 0 Å². The van der Waals surface area contributed by atoms with E-state index in [0.717, 1.165) is 24.3 Å². The summed E-state index contributed by atoms with van der Waals surface area (Å²) in [7, 11) is 0.0679. The molecule has 1 aliphatic heterocycles. The second-order valence-corrected chi connectivity index (χ2v) is 10.8. The molecule has 10 heteroatoms. The van der Waals surface area contributed by atoms with Crippen molar-refractivity contribution in [3.8, 4) is 0 Å². The number of carbonyl (C=O) groups is 4. The molecule has 1 unspecified atom stereocenters. The summed E-state index contributed by atoms with van der Waals surface area (Å²) in [4.78, 5) is 46.3. The molecule has 0 amide bonds. The first-order valence-electron chi connectivity index (χ1n) is 11.3. The summed E-state index contributed by atoms with van der Waals surface area (Å²) in [5.41, 5.74) is 0. The topological polar surface area (TPSA) is 114 Å². The highest BCUT2D eigenvalue weighted by Gasteiger charge is 2.48. The lowest BCUT2D eigenvalue weighted by molar-refractivity contribution is -0.287. The maximum atomic E-state index is 11.7. The molecule has 0 saturated carbocycles. The van der Waals surface area contributed by atoms with Crippen LogP contribution in [0, 0.1) is 11.8 Å². The number of hydrogen-bond acceptors (Lipinski definition) is 9. The molecule has 1 rings (SSSR count). The predicted octanol–water partition coefficient (Wildman–Crippen LogP) is 2.04. The minimum atomic E-state index is -0.932. The standard InChI is InChI=1S/C23H39O9S/c1-8-19(15(3)24)9-11-33(7)12-10-28-23-14(2)21(30-17(5)26)22(31-18(6)27)20(32-23)13-29-16(4)25/h14,19-23H,8-13H2,1-7H3/q+1/t14-,19+,20-,21-,22-,23-,33?/m1/s1. The minimum Gasteiger partial charge on any atom is -0.463 e. The number of ketones is 1. The Kier molecular flexibility index (Phi) is 13.0. The van der Waals surface area contributed by atoms with E-state index in [1.54, 1.807) is 13.8 Å². The molecule has 0 bridgehead atoms. The van der Waals surface area contributed by atoms with Crippen LogP contribution in [-0.4, -0.2) is 79.3 Å². The summed E-state index contributed by atoms with van der Waals surface area (Å²) in [5.74, 6) is 0.0516. The third kappa shape index (κ3) is 10.4. The van der Waals surface area contributed by atoms with Crippen molar-refractivity contribution >= 4 is 34.6 Å². The molecule has 0 radical (unpaired) electrons. The molecule has 1 heterocycles. The van der Waals surface area contributed by atoms with Crippen LogP contribution in [0.2, 0.25) is 0 Å². The number of rotatable bonds is 13. The Morgan fingerprint density at radius 3 is 2.06 bits per heavy atom. The number of Topliss-reactive ketones (excluding diaryl/α,β-unsaturated/α-hetero) is 1. The smallest absolute Gasteiger partial charge is 0.303 e. The van der Waals surface area contributed by atoms with E-state index in [-0.39, 0.29) is 29.2 Å². The number of carbonyl (C=O) groups excluding carboxylic acids is 4. The highest BCUT2D eigenvalue weighted by Crippen LogP contribution is 2.31. The molecule has 190 valence electrons. The van der Waals surface area contributed by atoms with Gasteiger partial charge in [-0.25, -0.2) is 0 Å². The molecule has 0 aromatic heterocycles. The highest BCUT2D eigenvalue weighted by atomic mass is 32.2. The van der Waals surface area contributed by atoms with Crippen molar-refractivity contribution in [2.24, 2.45) is 11.8 Å². The fourth-order valence-electron chi connectivity index (χ4n) is 3.71. The van der Waals surface area contributed by atoms with Gasteiger partial charge < -0.3 is 23.7 Å². The summed E-state index contributed by atoms with van der Waals surface area (Å²) in [6, 6.07) is 0. The van der Waals surface area contributed by atoms with Gasteiger partial charge in [0, 0.05) is 39.0 Å². The third-order valence-electron chi connectivity index (χ3n) is 5.60. The van der Waals surface area contributed by atoms with Gasteiger partial charge in [-0.15, -0.1) is 0 Å². The average molecular weight is 492 g/mol. The van der Waals surface area contributed by atoms with Crippen molar-refractivity contribution < 1.29 is 42.9 Å². The van der Waals surface area contributed by atoms with Crippen LogP contribution in [0.5, 0.6) is 0 Å². The van der Waals surface area contributed by atoms with Gasteiger partial charge in [0.1, 0.15) is 36.1 Å². The molecule has 9 nitrogen and oxygen atoms in total. The molecule has 0 spiro atoms. The summed E-state index contributed by atoms with van der Waals surface area (Å²) < 4.78 is 27.9. The van der Waals surface area contributed by atoms with Crippen molar-refractivity contribution in [2.75, 3.05) is 31.0 Å². The van der Waals surface area contributed by atoms with Crippen molar-refractivity contribution in [2.45, 2.75) is 79.0 Å². The fourth-order valence-corrected chi connectivity index (χ4v) is 4.98. The van der Waals surface area contributed by atoms with Gasteiger partial charge in [0.05, 0.1) is 12.9 Å². The van der Waals surface area contributed by atoms with E-state index >= 15 is 0 Å². The zero-order chi connectivity index (χ0) is 25.1. The molecule has 0 aliphatic carbocycles. The Balaban J connectivity index is 2.79. The minimum absolute atomic E-state index is 0.0679. The number of esters is 3. The van der Waals surface area contributed by atoms with E-state index in [4.69, 9.17) is 23.7 Å². The summed E-state index contributed by atoms with van der Waals surface area (Å²) in [5, 5.41) is 0. The Morgan fingerprint density at radius 2 is 1.55 bits per heavy atom. The SMILES string of the molecule is CC[C@@H](CC[S+](C)CCO[C@@H]1O[C@H](COC(C)=O)[C@@H](OC(C)=O)[C@H](OC(C)=O)[C@H]1C)C(C)=O. The maximum absolute atomic E-state index is 11.7. The van der Waals surface area contributed by atoms with E-state index in [1.165, 1.54) is 20.8 Å². The van der Waals surface area contributed by atoms with Crippen LogP contribution in [0.25, 0.3) is 0 Å². The summed E-state index contributed by atoms with van der Waals surface area (Å²) >= 11 is 0. The molecule has 7 atom stereocenters. The second-order valence-electron chi connectivity index (χ2n) is 8.42. The van der Waals surface area contributed by atoms with Gasteiger partial charge in [0.25, 0.3) is 0 Å². The number of ether oxygens (including phenoxy) is 5. The van der Waals surface area contributed by atoms with Gasteiger partial charge in [-0.1, -0.05) is 13.8 Å². The van der Waals surface area contributed by atoms with Crippen molar-refractivity contribution in [3.05, 3.63) is 0 Å². The lowest BCUT2D eigenvalue weighted by Gasteiger charge is -2.43. The summed E-state index contributed by atoms with van der Waals surface area (Å²) in [6.45, 7) is 9.50. The first-order valence-corrected chi connectivity index (χ1v) is 13.3. The van der Waals surface area contributed by atoms with Gasteiger partial charge in [-0.3, -0.25) is 19.2 Å². The maximum Gasteiger partial charge on any atom is 0.303 e. The van der Waals surface area contributed by atoms with Gasteiger partial charge >= 0.3 is 17.9 Å². The van der Waals surface area contributed by atoms with Crippen molar-refractivity contribution in [3.63, 3.8) is 0 Å². The largest absolute Gasteiger partial charge is 0.463 e. The zero-order valence-electron chi connectivity index (χ0n) is 20.8. The number of hydrogen-bond donors (Lipinski definition) is 0. The quantitative estimate of drug-likeness (QED) is 0.217. The van der Waals surface area contributed by atoms with E-state index in [0.29, 0.717) is 6.61 Å². The Bertz CT molecular complexity index is 668. The van der Waals surface area contributed by atoms with E-state index in [2.05, 4.69) is 6.26 Å². The van der Waals surface area contributed by atoms with Crippen LogP contribution in [0.3, 0.4) is 0 Å². The summed E-state index contributed by atoms with van der Waals surface area (Å²) in [6.07, 6.45) is 0.531. The normalized spacial score (nSPS) is 26.7. The van der Waals surface area contributed by atoms with Gasteiger partial charge in [0.2, 0.25) is 0 Å².